The molecule has 0 N–H and O–H groups in total. The van der Waals surface area contributed by atoms with Crippen LogP contribution in [0.15, 0.2) is 194 Å². The van der Waals surface area contributed by atoms with Crippen molar-refractivity contribution in [3.8, 4) is 46.0 Å². The molecule has 13 heterocycles. The fourth-order valence-electron chi connectivity index (χ4n) is 7.67. The van der Waals surface area contributed by atoms with Crippen molar-refractivity contribution in [2.24, 2.45) is 0 Å². The molecule has 0 atom stereocenters. The van der Waals surface area contributed by atoms with Gasteiger partial charge in [-0.3, -0.25) is 9.59 Å². The Hall–Kier alpha value is -7.70. The van der Waals surface area contributed by atoms with E-state index in [1.807, 2.05) is 97.1 Å². The maximum Gasteiger partial charge on any atom is 0.193 e. The van der Waals surface area contributed by atoms with Crippen molar-refractivity contribution < 1.29 is 28.5 Å². The van der Waals surface area contributed by atoms with Gasteiger partial charge in [-0.2, -0.15) is 0 Å². The zero-order chi connectivity index (χ0) is 42.8. The topological polar surface area (TPSA) is 71.1 Å². The molecule has 0 unspecified atom stereocenters. The number of carbonyl (C=O) groups excluding carboxylic acids is 2. The van der Waals surface area contributed by atoms with Crippen LogP contribution in [0, 0.1) is 0 Å². The van der Waals surface area contributed by atoms with E-state index in [0.29, 0.717) is 68.2 Å². The van der Waals surface area contributed by atoms with Gasteiger partial charge in [-0.1, -0.05) is 76.2 Å². The summed E-state index contributed by atoms with van der Waals surface area (Å²) >= 11 is 0. The van der Waals surface area contributed by atoms with E-state index in [2.05, 4.69) is 76.2 Å². The third kappa shape index (κ3) is 8.36. The third-order valence-electron chi connectivity index (χ3n) is 11.7. The summed E-state index contributed by atoms with van der Waals surface area (Å²) in [6.07, 6.45) is 0. The van der Waals surface area contributed by atoms with Gasteiger partial charge in [0.2, 0.25) is 0 Å². The molecule has 0 saturated heterocycles. The molecule has 13 aliphatic rings. The van der Waals surface area contributed by atoms with Gasteiger partial charge < -0.3 is 18.9 Å². The Morgan fingerprint density at radius 2 is 0.387 bits per heavy atom. The molecule has 0 amide bonds. The van der Waals surface area contributed by atoms with E-state index in [1.54, 1.807) is 48.5 Å². The van der Waals surface area contributed by atoms with Crippen LogP contribution in [0.25, 0.3) is 0 Å². The summed E-state index contributed by atoms with van der Waals surface area (Å²) in [6.45, 7) is 8.73. The van der Waals surface area contributed by atoms with Crippen LogP contribution in [-0.4, -0.2) is 11.6 Å². The van der Waals surface area contributed by atoms with Crippen LogP contribution >= 0.6 is 0 Å². The van der Waals surface area contributed by atoms with Crippen molar-refractivity contribution in [2.75, 3.05) is 0 Å². The fourth-order valence-corrected chi connectivity index (χ4v) is 7.67. The molecule has 0 saturated carbocycles. The molecule has 0 aromatic heterocycles. The number of ether oxygens (including phenoxy) is 4. The molecule has 6 nitrogen and oxygen atoms in total. The van der Waals surface area contributed by atoms with E-state index in [9.17, 15) is 9.59 Å². The van der Waals surface area contributed by atoms with Gasteiger partial charge in [0.05, 0.1) is 0 Å². The van der Waals surface area contributed by atoms with Crippen LogP contribution in [0.3, 0.4) is 0 Å². The second-order valence-electron chi connectivity index (χ2n) is 16.5. The molecule has 0 fully saturated rings. The Balaban J connectivity index is 0.972. The minimum Gasteiger partial charge on any atom is -0.457 e. The number of hydrogen-bond donors (Lipinski definition) is 0. The highest BCUT2D eigenvalue weighted by Gasteiger charge is 2.25. The van der Waals surface area contributed by atoms with Gasteiger partial charge in [-0.15, -0.1) is 0 Å². The molecule has 0 aliphatic carbocycles. The molecule has 13 aliphatic heterocycles. The van der Waals surface area contributed by atoms with Gasteiger partial charge in [0.15, 0.2) is 11.6 Å². The maximum atomic E-state index is 13.4. The summed E-state index contributed by atoms with van der Waals surface area (Å²) in [5.41, 5.74) is 6.16. The number of rotatable bonds is 0. The fraction of sp³-hybridized carbons (Fsp3) is 0.107. The predicted molar refractivity (Wildman–Crippen MR) is 243 cm³/mol. The maximum absolute atomic E-state index is 13.4. The first-order chi connectivity index (χ1) is 30.0. The van der Waals surface area contributed by atoms with Crippen LogP contribution in [-0.2, 0) is 10.8 Å². The van der Waals surface area contributed by atoms with E-state index >= 15 is 0 Å². The van der Waals surface area contributed by atoms with Crippen LogP contribution in [0.2, 0.25) is 0 Å². The van der Waals surface area contributed by atoms with Crippen LogP contribution in [0.4, 0.5) is 0 Å². The van der Waals surface area contributed by atoms with Gasteiger partial charge in [0.1, 0.15) is 46.0 Å². The summed E-state index contributed by atoms with van der Waals surface area (Å²) in [6, 6.07) is 61.0. The lowest BCUT2D eigenvalue weighted by atomic mass is 9.78. The zero-order valence-corrected chi connectivity index (χ0v) is 34.9. The highest BCUT2D eigenvalue weighted by atomic mass is 16.5. The number of carbonyl (C=O) groups is 2. The van der Waals surface area contributed by atoms with Gasteiger partial charge in [-0.05, 0) is 168 Å². The number of ketones is 2. The van der Waals surface area contributed by atoms with E-state index in [1.165, 1.54) is 0 Å². The summed E-state index contributed by atoms with van der Waals surface area (Å²) < 4.78 is 24.7. The Labute approximate surface area is 362 Å². The standard InChI is InChI=1S/C56H44O6/c1-55(2)41-13-29-49(30-14-41)59-45-21-5-37(6-22-45)53(57)39-9-25-47(26-10-39)61-51-33-17-43(18-34-51)56(3,4)44-19-35-52(36-20-44)62-48-27-11-40(12-28-48)54(58)38-7-23-46(24-8-38)60-50-31-15-42(55)16-32-50/h5-36H,1-4H3. The molecule has 62 heavy (non-hydrogen) atoms. The van der Waals surface area contributed by atoms with E-state index in [4.69, 9.17) is 18.9 Å². The molecule has 0 spiro atoms. The molecule has 304 valence electrons. The van der Waals surface area contributed by atoms with Gasteiger partial charge >= 0.3 is 0 Å². The molecule has 16 bridgehead atoms. The first-order valence-corrected chi connectivity index (χ1v) is 20.6. The SMILES string of the molecule is CC1(C)c2ccc(cc2)Oc2ccc(cc2)C(=O)c2ccc(cc2)Oc2ccc(cc2)C(C)(C)c2ccc(cc2)Oc2ccc(cc2)C(=O)c2ccc(cc2)Oc2ccc1cc2. The Kier molecular flexibility index (Phi) is 10.5. The number of hydrogen-bond acceptors (Lipinski definition) is 6. The van der Waals surface area contributed by atoms with Crippen molar-refractivity contribution in [2.45, 2.75) is 38.5 Å². The lowest BCUT2D eigenvalue weighted by Gasteiger charge is -2.26. The van der Waals surface area contributed by atoms with Crippen molar-refractivity contribution in [1.82, 2.24) is 0 Å². The molecular weight excluding hydrogens is 769 g/mol. The Bertz CT molecular complexity index is 2440. The second-order valence-corrected chi connectivity index (χ2v) is 16.5. The summed E-state index contributed by atoms with van der Waals surface area (Å²) in [5, 5.41) is 0. The molecule has 0 radical (unpaired) electrons. The van der Waals surface area contributed by atoms with Crippen LogP contribution in [0.1, 0.15) is 81.8 Å². The van der Waals surface area contributed by atoms with Crippen LogP contribution < -0.4 is 18.9 Å². The normalized spacial score (nSPS) is 14.3. The first kappa shape index (κ1) is 39.7. The average Bonchev–Trinajstić information content (AvgIpc) is 3.30. The highest BCUT2D eigenvalue weighted by Crippen LogP contribution is 2.37. The molecule has 21 rings (SSSR count). The zero-order valence-electron chi connectivity index (χ0n) is 34.9. The summed E-state index contributed by atoms with van der Waals surface area (Å²) in [7, 11) is 0. The van der Waals surface area contributed by atoms with E-state index in [0.717, 1.165) is 22.3 Å². The number of benzene rings is 8. The van der Waals surface area contributed by atoms with Crippen LogP contribution in [0.5, 0.6) is 46.0 Å². The second kappa shape index (κ2) is 16.4. The quantitative estimate of drug-likeness (QED) is 0.152. The molecular formula is C56H44O6. The molecule has 8 aromatic rings. The van der Waals surface area contributed by atoms with Gasteiger partial charge in [0, 0.05) is 33.1 Å². The molecule has 8 aromatic carbocycles. The largest absolute Gasteiger partial charge is 0.457 e. The Morgan fingerprint density at radius 3 is 0.548 bits per heavy atom. The lowest BCUT2D eigenvalue weighted by Crippen LogP contribution is -2.18. The van der Waals surface area contributed by atoms with E-state index < -0.39 is 0 Å². The monoisotopic (exact) mass is 812 g/mol. The van der Waals surface area contributed by atoms with E-state index in [-0.39, 0.29) is 22.4 Å². The highest BCUT2D eigenvalue weighted by molar-refractivity contribution is 6.09. The minimum absolute atomic E-state index is 0.0875. The van der Waals surface area contributed by atoms with Crippen molar-refractivity contribution in [3.05, 3.63) is 239 Å². The average molecular weight is 813 g/mol. The van der Waals surface area contributed by atoms with Gasteiger partial charge in [0.25, 0.3) is 0 Å². The minimum atomic E-state index is -0.294. The first-order valence-electron chi connectivity index (χ1n) is 20.6. The summed E-state index contributed by atoms with van der Waals surface area (Å²) in [5.74, 6) is 5.14. The van der Waals surface area contributed by atoms with Crippen molar-refractivity contribution in [3.63, 3.8) is 0 Å². The Morgan fingerprint density at radius 1 is 0.242 bits per heavy atom. The summed E-state index contributed by atoms with van der Waals surface area (Å²) in [4.78, 5) is 26.8. The third-order valence-corrected chi connectivity index (χ3v) is 11.7. The van der Waals surface area contributed by atoms with Crippen molar-refractivity contribution in [1.29, 1.82) is 0 Å². The smallest absolute Gasteiger partial charge is 0.193 e. The van der Waals surface area contributed by atoms with Gasteiger partial charge in [-0.25, -0.2) is 0 Å². The molecule has 6 heteroatoms. The lowest BCUT2D eigenvalue weighted by molar-refractivity contribution is 0.103. The predicted octanol–water partition coefficient (Wildman–Crippen LogP) is 14.3. The van der Waals surface area contributed by atoms with Crippen molar-refractivity contribution >= 4 is 11.6 Å².